The molecular formula is C33H30N4O3S. The van der Waals surface area contributed by atoms with E-state index in [0.29, 0.717) is 5.11 Å². The first-order valence-corrected chi connectivity index (χ1v) is 13.7. The van der Waals surface area contributed by atoms with Crippen LogP contribution < -0.4 is 24.4 Å². The second-order valence-electron chi connectivity index (χ2n) is 9.70. The van der Waals surface area contributed by atoms with Crippen LogP contribution in [0, 0.1) is 6.92 Å². The molecule has 0 aliphatic carbocycles. The Hall–Kier alpha value is -4.82. The first-order chi connectivity index (χ1) is 20.1. The lowest BCUT2D eigenvalue weighted by molar-refractivity contribution is 0.413. The minimum atomic E-state index is -0.165. The van der Waals surface area contributed by atoms with Crippen LogP contribution in [0.4, 0.5) is 5.69 Å². The first kappa shape index (κ1) is 26.4. The summed E-state index contributed by atoms with van der Waals surface area (Å²) in [7, 11) is 3.32. The summed E-state index contributed by atoms with van der Waals surface area (Å²) in [5.74, 6) is 3.06. The summed E-state index contributed by atoms with van der Waals surface area (Å²) in [5.41, 5.74) is 5.12. The molecule has 206 valence electrons. The van der Waals surface area contributed by atoms with Gasteiger partial charge in [-0.2, -0.15) is 0 Å². The maximum absolute atomic E-state index is 6.08. The summed E-state index contributed by atoms with van der Waals surface area (Å²) in [4.78, 5) is 6.87. The van der Waals surface area contributed by atoms with Crippen LogP contribution in [0.1, 0.15) is 29.2 Å². The summed E-state index contributed by atoms with van der Waals surface area (Å²) >= 11 is 5.96. The second kappa shape index (κ2) is 11.3. The van der Waals surface area contributed by atoms with Crippen molar-refractivity contribution in [1.82, 2.24) is 14.9 Å². The van der Waals surface area contributed by atoms with Crippen LogP contribution in [-0.4, -0.2) is 28.9 Å². The number of benzene rings is 3. The van der Waals surface area contributed by atoms with E-state index in [1.165, 1.54) is 0 Å². The predicted octanol–water partition coefficient (Wildman–Crippen LogP) is 7.17. The Morgan fingerprint density at radius 3 is 1.90 bits per heavy atom. The minimum Gasteiger partial charge on any atom is -0.497 e. The van der Waals surface area contributed by atoms with Crippen molar-refractivity contribution in [2.45, 2.75) is 19.0 Å². The zero-order chi connectivity index (χ0) is 28.3. The number of anilines is 1. The Labute approximate surface area is 244 Å². The number of rotatable bonds is 8. The molecule has 41 heavy (non-hydrogen) atoms. The van der Waals surface area contributed by atoms with E-state index in [1.54, 1.807) is 14.2 Å². The third-order valence-corrected chi connectivity index (χ3v) is 7.56. The molecule has 2 atom stereocenters. The summed E-state index contributed by atoms with van der Waals surface area (Å²) < 4.78 is 19.0. The van der Waals surface area contributed by atoms with Gasteiger partial charge in [-0.1, -0.05) is 6.07 Å². The van der Waals surface area contributed by atoms with Crippen molar-refractivity contribution in [3.63, 3.8) is 0 Å². The SMILES string of the molecule is COc1ccc(Oc2ccc(N3C(=S)N[C@@H](c4ccccn4)[C@@H]3c3ccc(C)n3-c3ccc(OC)cc3)cc2)cc1. The third kappa shape index (κ3) is 5.21. The molecule has 0 amide bonds. The Morgan fingerprint density at radius 1 is 0.707 bits per heavy atom. The molecule has 0 bridgehead atoms. The predicted molar refractivity (Wildman–Crippen MR) is 164 cm³/mol. The van der Waals surface area contributed by atoms with Gasteiger partial charge >= 0.3 is 0 Å². The standard InChI is InChI=1S/C33H30N4O3S/c1-22-7-20-30(36(22)23-8-12-25(38-2)13-9-23)32-31(29-6-4-5-21-34-29)35-33(41)37(32)24-10-14-27(15-11-24)40-28-18-16-26(39-3)17-19-28/h4-21,31-32H,1-3H3,(H,35,41)/t31-,32-/m0/s1. The number of aromatic nitrogens is 2. The van der Waals surface area contributed by atoms with Gasteiger partial charge in [0.05, 0.1) is 26.0 Å². The third-order valence-electron chi connectivity index (χ3n) is 7.25. The molecular weight excluding hydrogens is 532 g/mol. The zero-order valence-corrected chi connectivity index (χ0v) is 23.8. The quantitative estimate of drug-likeness (QED) is 0.201. The summed E-state index contributed by atoms with van der Waals surface area (Å²) in [6.45, 7) is 2.11. The van der Waals surface area contributed by atoms with E-state index in [2.05, 4.69) is 46.0 Å². The monoisotopic (exact) mass is 562 g/mol. The minimum absolute atomic E-state index is 0.162. The molecule has 5 aromatic rings. The first-order valence-electron chi connectivity index (χ1n) is 13.3. The van der Waals surface area contributed by atoms with Gasteiger partial charge in [-0.05, 0) is 116 Å². The summed E-state index contributed by atoms with van der Waals surface area (Å²) in [6, 6.07) is 33.6. The van der Waals surface area contributed by atoms with Gasteiger partial charge < -0.3 is 29.0 Å². The number of hydrogen-bond donors (Lipinski definition) is 1. The molecule has 1 aliphatic rings. The molecule has 1 saturated heterocycles. The number of aryl methyl sites for hydroxylation is 1. The number of nitrogens with zero attached hydrogens (tertiary/aromatic N) is 3. The van der Waals surface area contributed by atoms with E-state index >= 15 is 0 Å². The number of pyridine rings is 1. The van der Waals surface area contributed by atoms with Gasteiger partial charge in [0.15, 0.2) is 5.11 Å². The molecule has 1 fully saturated rings. The van der Waals surface area contributed by atoms with Crippen molar-refractivity contribution in [2.24, 2.45) is 0 Å². The highest BCUT2D eigenvalue weighted by atomic mass is 32.1. The lowest BCUT2D eigenvalue weighted by Crippen LogP contribution is -2.30. The van der Waals surface area contributed by atoms with Gasteiger partial charge in [0.1, 0.15) is 29.0 Å². The fraction of sp³-hybridized carbons (Fsp3) is 0.152. The molecule has 8 heteroatoms. The van der Waals surface area contributed by atoms with Crippen LogP contribution in [0.25, 0.3) is 5.69 Å². The molecule has 0 saturated carbocycles. The van der Waals surface area contributed by atoms with Crippen LogP contribution >= 0.6 is 12.2 Å². The molecule has 1 aliphatic heterocycles. The molecule has 3 aromatic carbocycles. The highest BCUT2D eigenvalue weighted by Crippen LogP contribution is 2.43. The van der Waals surface area contributed by atoms with E-state index in [9.17, 15) is 0 Å². The highest BCUT2D eigenvalue weighted by molar-refractivity contribution is 7.80. The number of methoxy groups -OCH3 is 2. The molecule has 6 rings (SSSR count). The number of nitrogens with one attached hydrogen (secondary N) is 1. The number of ether oxygens (including phenoxy) is 3. The van der Waals surface area contributed by atoms with Crippen molar-refractivity contribution in [1.29, 1.82) is 0 Å². The van der Waals surface area contributed by atoms with E-state index in [0.717, 1.165) is 51.5 Å². The van der Waals surface area contributed by atoms with E-state index in [4.69, 9.17) is 31.4 Å². The van der Waals surface area contributed by atoms with Crippen LogP contribution in [0.3, 0.4) is 0 Å². The van der Waals surface area contributed by atoms with Crippen LogP contribution in [-0.2, 0) is 0 Å². The van der Waals surface area contributed by atoms with E-state index in [1.807, 2.05) is 85.1 Å². The average Bonchev–Trinajstić information content (AvgIpc) is 3.57. The van der Waals surface area contributed by atoms with Gasteiger partial charge in [0, 0.05) is 29.0 Å². The van der Waals surface area contributed by atoms with Crippen LogP contribution in [0.2, 0.25) is 0 Å². The molecule has 2 aromatic heterocycles. The maximum Gasteiger partial charge on any atom is 0.174 e. The van der Waals surface area contributed by atoms with Crippen molar-refractivity contribution in [3.05, 3.63) is 126 Å². The maximum atomic E-state index is 6.08. The summed E-state index contributed by atoms with van der Waals surface area (Å²) in [6.07, 6.45) is 1.82. The van der Waals surface area contributed by atoms with E-state index < -0.39 is 0 Å². The fourth-order valence-corrected chi connectivity index (χ4v) is 5.61. The van der Waals surface area contributed by atoms with Gasteiger partial charge in [-0.15, -0.1) is 0 Å². The van der Waals surface area contributed by atoms with Gasteiger partial charge in [-0.3, -0.25) is 4.98 Å². The van der Waals surface area contributed by atoms with Gasteiger partial charge in [0.2, 0.25) is 0 Å². The molecule has 0 radical (unpaired) electrons. The topological polar surface area (TPSA) is 60.8 Å². The van der Waals surface area contributed by atoms with E-state index in [-0.39, 0.29) is 12.1 Å². The van der Waals surface area contributed by atoms with Gasteiger partial charge in [-0.25, -0.2) is 0 Å². The smallest absolute Gasteiger partial charge is 0.174 e. The molecule has 7 nitrogen and oxygen atoms in total. The van der Waals surface area contributed by atoms with Crippen LogP contribution in [0.5, 0.6) is 23.0 Å². The highest BCUT2D eigenvalue weighted by Gasteiger charge is 2.42. The fourth-order valence-electron chi connectivity index (χ4n) is 5.26. The van der Waals surface area contributed by atoms with Crippen LogP contribution in [0.15, 0.2) is 109 Å². The van der Waals surface area contributed by atoms with Gasteiger partial charge in [0.25, 0.3) is 0 Å². The molecule has 3 heterocycles. The number of hydrogen-bond acceptors (Lipinski definition) is 5. The molecule has 1 N–H and O–H groups in total. The normalized spacial score (nSPS) is 16.4. The lowest BCUT2D eigenvalue weighted by Gasteiger charge is -2.29. The Bertz CT molecular complexity index is 1640. The zero-order valence-electron chi connectivity index (χ0n) is 23.0. The Balaban J connectivity index is 1.38. The average molecular weight is 563 g/mol. The molecule has 0 spiro atoms. The lowest BCUT2D eigenvalue weighted by atomic mass is 10.0. The largest absolute Gasteiger partial charge is 0.497 e. The Kier molecular flexibility index (Phi) is 7.31. The second-order valence-corrected chi connectivity index (χ2v) is 10.1. The van der Waals surface area contributed by atoms with Crippen molar-refractivity contribution < 1.29 is 14.2 Å². The summed E-state index contributed by atoms with van der Waals surface area (Å²) in [5, 5.41) is 4.19. The van der Waals surface area contributed by atoms with Crippen molar-refractivity contribution in [2.75, 3.05) is 19.1 Å². The number of thiocarbonyl (C=S) groups is 1. The Morgan fingerprint density at radius 2 is 1.29 bits per heavy atom. The van der Waals surface area contributed by atoms with Crippen molar-refractivity contribution >= 4 is 23.0 Å². The van der Waals surface area contributed by atoms with Crippen molar-refractivity contribution in [3.8, 4) is 28.7 Å². The molecule has 0 unspecified atom stereocenters.